The van der Waals surface area contributed by atoms with E-state index in [0.29, 0.717) is 5.56 Å². The predicted molar refractivity (Wildman–Crippen MR) is 68.0 cm³/mol. The number of nitrogens with two attached hydrogens (primary N) is 1. The van der Waals surface area contributed by atoms with E-state index in [1.165, 1.54) is 19.2 Å². The van der Waals surface area contributed by atoms with Crippen LogP contribution in [0.25, 0.3) is 0 Å². The molecule has 0 aromatic heterocycles. The van der Waals surface area contributed by atoms with E-state index < -0.39 is 29.7 Å². The maximum Gasteiger partial charge on any atom is 0.416 e. The lowest BCUT2D eigenvalue weighted by molar-refractivity contribution is -0.141. The number of alkyl halides is 3. The molecule has 1 aromatic carbocycles. The third kappa shape index (κ3) is 5.07. The van der Waals surface area contributed by atoms with Gasteiger partial charge in [-0.15, -0.1) is 0 Å². The first-order valence-corrected chi connectivity index (χ1v) is 6.01. The molecule has 0 fully saturated rings. The number of carbonyl (C=O) groups is 2. The van der Waals surface area contributed by atoms with E-state index >= 15 is 0 Å². The third-order valence-electron chi connectivity index (χ3n) is 2.76. The number of amides is 1. The molecule has 0 saturated carbocycles. The van der Waals surface area contributed by atoms with Gasteiger partial charge in [-0.05, 0) is 17.7 Å². The summed E-state index contributed by atoms with van der Waals surface area (Å²) >= 11 is 0. The van der Waals surface area contributed by atoms with Crippen molar-refractivity contribution in [3.63, 3.8) is 0 Å². The predicted octanol–water partition coefficient (Wildman–Crippen LogP) is 1.38. The van der Waals surface area contributed by atoms with Crippen LogP contribution in [0.15, 0.2) is 24.3 Å². The molecule has 0 radical (unpaired) electrons. The zero-order chi connectivity index (χ0) is 16.0. The minimum absolute atomic E-state index is 0.201. The van der Waals surface area contributed by atoms with Crippen LogP contribution in [0, 0.1) is 0 Å². The van der Waals surface area contributed by atoms with Gasteiger partial charge in [-0.1, -0.05) is 12.1 Å². The number of ether oxygens (including phenoxy) is 1. The number of nitrogens with one attached hydrogen (secondary N) is 1. The van der Waals surface area contributed by atoms with Gasteiger partial charge in [0.1, 0.15) is 0 Å². The number of halogens is 3. The average molecular weight is 304 g/mol. The third-order valence-corrected chi connectivity index (χ3v) is 2.76. The normalized spacial score (nSPS) is 12.6. The molecule has 1 atom stereocenters. The molecule has 8 heteroatoms. The van der Waals surface area contributed by atoms with Gasteiger partial charge in [0.2, 0.25) is 5.91 Å². The minimum atomic E-state index is -4.45. The van der Waals surface area contributed by atoms with Gasteiger partial charge in [0.05, 0.1) is 31.7 Å². The second-order valence-electron chi connectivity index (χ2n) is 4.22. The lowest BCUT2D eigenvalue weighted by atomic mass is 10.0. The minimum Gasteiger partial charge on any atom is -0.469 e. The van der Waals surface area contributed by atoms with E-state index in [2.05, 4.69) is 10.1 Å². The molecule has 0 heterocycles. The van der Waals surface area contributed by atoms with Crippen molar-refractivity contribution in [2.24, 2.45) is 5.73 Å². The van der Waals surface area contributed by atoms with E-state index in [-0.39, 0.29) is 13.0 Å². The van der Waals surface area contributed by atoms with Crippen molar-refractivity contribution < 1.29 is 27.5 Å². The van der Waals surface area contributed by atoms with Crippen LogP contribution in [-0.4, -0.2) is 25.5 Å². The van der Waals surface area contributed by atoms with Crippen LogP contribution in [-0.2, 0) is 20.5 Å². The van der Waals surface area contributed by atoms with Crippen LogP contribution in [0.4, 0.5) is 13.2 Å². The first-order chi connectivity index (χ1) is 9.77. The fourth-order valence-electron chi connectivity index (χ4n) is 1.66. The highest BCUT2D eigenvalue weighted by atomic mass is 19.4. The topological polar surface area (TPSA) is 81.4 Å². The Morgan fingerprint density at radius 3 is 2.29 bits per heavy atom. The van der Waals surface area contributed by atoms with Crippen molar-refractivity contribution >= 4 is 11.9 Å². The molecule has 0 aliphatic rings. The first kappa shape index (κ1) is 17.0. The van der Waals surface area contributed by atoms with E-state index in [9.17, 15) is 22.8 Å². The smallest absolute Gasteiger partial charge is 0.416 e. The Morgan fingerprint density at radius 1 is 1.29 bits per heavy atom. The lowest BCUT2D eigenvalue weighted by Gasteiger charge is -2.18. The van der Waals surface area contributed by atoms with Crippen molar-refractivity contribution in [1.29, 1.82) is 0 Å². The molecule has 1 aromatic rings. The molecule has 3 N–H and O–H groups in total. The molecule has 1 rings (SSSR count). The van der Waals surface area contributed by atoms with Crippen LogP contribution in [0.2, 0.25) is 0 Å². The molecular formula is C13H15F3N2O3. The Labute approximate surface area is 119 Å². The molecule has 21 heavy (non-hydrogen) atoms. The Balaban J connectivity index is 2.96. The van der Waals surface area contributed by atoms with E-state index in [0.717, 1.165) is 12.1 Å². The van der Waals surface area contributed by atoms with Crippen molar-refractivity contribution in [1.82, 2.24) is 5.32 Å². The second kappa shape index (κ2) is 7.07. The van der Waals surface area contributed by atoms with Gasteiger partial charge < -0.3 is 15.8 Å². The molecule has 0 aliphatic carbocycles. The van der Waals surface area contributed by atoms with E-state index in [4.69, 9.17) is 5.73 Å². The number of benzene rings is 1. The largest absolute Gasteiger partial charge is 0.469 e. The molecule has 1 amide bonds. The van der Waals surface area contributed by atoms with Gasteiger partial charge in [-0.2, -0.15) is 13.2 Å². The number of rotatable bonds is 5. The molecule has 0 unspecified atom stereocenters. The summed E-state index contributed by atoms with van der Waals surface area (Å²) in [5.41, 5.74) is 4.71. The van der Waals surface area contributed by atoms with Crippen LogP contribution >= 0.6 is 0 Å². The Hall–Kier alpha value is -2.09. The molecule has 116 valence electrons. The van der Waals surface area contributed by atoms with Crippen molar-refractivity contribution in [3.8, 4) is 0 Å². The van der Waals surface area contributed by atoms with Gasteiger partial charge in [0, 0.05) is 0 Å². The van der Waals surface area contributed by atoms with Crippen LogP contribution in [0.3, 0.4) is 0 Å². The number of methoxy groups -OCH3 is 1. The standard InChI is InChI=1S/C13H15F3N2O3/c1-21-12(20)6-10(18-11(19)7-17)8-2-4-9(5-3-8)13(14,15)16/h2-5,10H,6-7,17H2,1H3,(H,18,19)/t10-/m0/s1. The quantitative estimate of drug-likeness (QED) is 0.805. The number of carbonyl (C=O) groups excluding carboxylic acids is 2. The highest BCUT2D eigenvalue weighted by molar-refractivity contribution is 5.79. The SMILES string of the molecule is COC(=O)C[C@H](NC(=O)CN)c1ccc(C(F)(F)F)cc1. The van der Waals surface area contributed by atoms with E-state index in [1.54, 1.807) is 0 Å². The first-order valence-electron chi connectivity index (χ1n) is 6.01. The van der Waals surface area contributed by atoms with Gasteiger partial charge >= 0.3 is 12.1 Å². The fraction of sp³-hybridized carbons (Fsp3) is 0.385. The number of hydrogen-bond donors (Lipinski definition) is 2. The Kier molecular flexibility index (Phi) is 5.71. The molecule has 0 spiro atoms. The Morgan fingerprint density at radius 2 is 1.86 bits per heavy atom. The number of hydrogen-bond acceptors (Lipinski definition) is 4. The summed E-state index contributed by atoms with van der Waals surface area (Å²) in [4.78, 5) is 22.6. The highest BCUT2D eigenvalue weighted by Crippen LogP contribution is 2.30. The Bertz CT molecular complexity index is 482. The lowest BCUT2D eigenvalue weighted by Crippen LogP contribution is -2.35. The number of esters is 1. The van der Waals surface area contributed by atoms with Crippen LogP contribution in [0.1, 0.15) is 23.6 Å². The summed E-state index contributed by atoms with van der Waals surface area (Å²) in [5.74, 6) is -1.12. The van der Waals surface area contributed by atoms with Crippen molar-refractivity contribution in [3.05, 3.63) is 35.4 Å². The maximum absolute atomic E-state index is 12.5. The average Bonchev–Trinajstić information content (AvgIpc) is 2.45. The molecular weight excluding hydrogens is 289 g/mol. The molecule has 5 nitrogen and oxygen atoms in total. The molecule has 0 saturated heterocycles. The molecule has 0 bridgehead atoms. The monoisotopic (exact) mass is 304 g/mol. The summed E-state index contributed by atoms with van der Waals surface area (Å²) in [5, 5.41) is 2.46. The highest BCUT2D eigenvalue weighted by Gasteiger charge is 2.30. The van der Waals surface area contributed by atoms with Crippen molar-refractivity contribution in [2.45, 2.75) is 18.6 Å². The summed E-state index contributed by atoms with van der Waals surface area (Å²) < 4.78 is 42.0. The zero-order valence-electron chi connectivity index (χ0n) is 11.2. The van der Waals surface area contributed by atoms with Crippen LogP contribution in [0.5, 0.6) is 0 Å². The van der Waals surface area contributed by atoms with Gasteiger partial charge in [-0.25, -0.2) is 0 Å². The van der Waals surface area contributed by atoms with Crippen molar-refractivity contribution in [2.75, 3.05) is 13.7 Å². The summed E-state index contributed by atoms with van der Waals surface area (Å²) in [6.07, 6.45) is -4.65. The summed E-state index contributed by atoms with van der Waals surface area (Å²) in [6.45, 7) is -0.293. The maximum atomic E-state index is 12.5. The zero-order valence-corrected chi connectivity index (χ0v) is 11.2. The van der Waals surface area contributed by atoms with E-state index in [1.807, 2.05) is 0 Å². The second-order valence-corrected chi connectivity index (χ2v) is 4.22. The van der Waals surface area contributed by atoms with Gasteiger partial charge in [-0.3, -0.25) is 9.59 Å². The summed E-state index contributed by atoms with van der Waals surface area (Å²) in [6, 6.07) is 3.37. The fourth-order valence-corrected chi connectivity index (χ4v) is 1.66. The molecule has 0 aliphatic heterocycles. The summed E-state index contributed by atoms with van der Waals surface area (Å²) in [7, 11) is 1.18. The van der Waals surface area contributed by atoms with Gasteiger partial charge in [0.15, 0.2) is 0 Å². The van der Waals surface area contributed by atoms with Crippen LogP contribution < -0.4 is 11.1 Å². The van der Waals surface area contributed by atoms with Gasteiger partial charge in [0.25, 0.3) is 0 Å².